The minimum absolute atomic E-state index is 0.234. The van der Waals surface area contributed by atoms with Crippen molar-refractivity contribution in [2.75, 3.05) is 6.54 Å². The second kappa shape index (κ2) is 5.78. The summed E-state index contributed by atoms with van der Waals surface area (Å²) in [6.07, 6.45) is 2.36. The Hall–Kier alpha value is -2.19. The fourth-order valence-electron chi connectivity index (χ4n) is 2.68. The molecule has 0 fully saturated rings. The molecule has 0 atom stereocenters. The molecule has 1 aromatic carbocycles. The van der Waals surface area contributed by atoms with Crippen LogP contribution in [0.15, 0.2) is 29.4 Å². The number of rotatable bonds is 5. The van der Waals surface area contributed by atoms with Crippen LogP contribution in [0.25, 0.3) is 11.0 Å². The molecular weight excluding hydrogens is 314 g/mol. The molecule has 0 saturated heterocycles. The van der Waals surface area contributed by atoms with Crippen LogP contribution >= 0.6 is 0 Å². The van der Waals surface area contributed by atoms with Crippen LogP contribution in [0.2, 0.25) is 0 Å². The van der Waals surface area contributed by atoms with Gasteiger partial charge in [-0.3, -0.25) is 5.10 Å². The largest absolute Gasteiger partial charge is 0.334 e. The van der Waals surface area contributed by atoms with Gasteiger partial charge < -0.3 is 4.57 Å². The predicted molar refractivity (Wildman–Crippen MR) is 87.7 cm³/mol. The Kier molecular flexibility index (Phi) is 3.95. The van der Waals surface area contributed by atoms with Crippen LogP contribution < -0.4 is 4.72 Å². The number of aryl methyl sites for hydroxylation is 3. The van der Waals surface area contributed by atoms with Crippen molar-refractivity contribution < 1.29 is 8.42 Å². The van der Waals surface area contributed by atoms with E-state index < -0.39 is 10.0 Å². The molecule has 0 saturated carbocycles. The van der Waals surface area contributed by atoms with Crippen molar-refractivity contribution in [3.8, 4) is 0 Å². The minimum Gasteiger partial charge on any atom is -0.334 e. The van der Waals surface area contributed by atoms with Crippen molar-refractivity contribution >= 4 is 21.1 Å². The number of sulfonamides is 1. The standard InChI is InChI=1S/C15H19N5O2S/c1-10-15(11(2)19-18-10)23(21,22)17-7-6-12-4-5-14-13(8-12)16-9-20(14)3/h4-5,8-9,17H,6-7H2,1-3H3,(H,18,19). The van der Waals surface area contributed by atoms with Gasteiger partial charge in [-0.05, 0) is 38.0 Å². The van der Waals surface area contributed by atoms with E-state index in [9.17, 15) is 8.42 Å². The zero-order valence-electron chi connectivity index (χ0n) is 13.3. The Morgan fingerprint density at radius 2 is 2.09 bits per heavy atom. The van der Waals surface area contributed by atoms with E-state index in [-0.39, 0.29) is 4.90 Å². The molecule has 2 N–H and O–H groups in total. The Bertz CT molecular complexity index is 936. The maximum absolute atomic E-state index is 12.4. The van der Waals surface area contributed by atoms with Crippen LogP contribution in [0.5, 0.6) is 0 Å². The fraction of sp³-hybridized carbons (Fsp3) is 0.333. The summed E-state index contributed by atoms with van der Waals surface area (Å²) in [5.74, 6) is 0. The smallest absolute Gasteiger partial charge is 0.244 e. The molecule has 2 heterocycles. The second-order valence-corrected chi connectivity index (χ2v) is 7.29. The molecule has 0 aliphatic carbocycles. The van der Waals surface area contributed by atoms with Crippen LogP contribution in [0, 0.1) is 13.8 Å². The maximum atomic E-state index is 12.4. The summed E-state index contributed by atoms with van der Waals surface area (Å²) < 4.78 is 29.3. The molecule has 0 spiro atoms. The zero-order chi connectivity index (χ0) is 16.6. The van der Waals surface area contributed by atoms with E-state index >= 15 is 0 Å². The Balaban J connectivity index is 1.70. The highest BCUT2D eigenvalue weighted by Crippen LogP contribution is 2.17. The predicted octanol–water partition coefficient (Wildman–Crippen LogP) is 1.43. The quantitative estimate of drug-likeness (QED) is 0.739. The Labute approximate surface area is 134 Å². The average molecular weight is 333 g/mol. The third kappa shape index (κ3) is 2.99. The molecule has 122 valence electrons. The zero-order valence-corrected chi connectivity index (χ0v) is 14.1. The van der Waals surface area contributed by atoms with Gasteiger partial charge in [-0.15, -0.1) is 0 Å². The molecule has 0 bridgehead atoms. The fourth-order valence-corrected chi connectivity index (χ4v) is 4.07. The van der Waals surface area contributed by atoms with Crippen LogP contribution in [-0.2, 0) is 23.5 Å². The molecule has 0 aliphatic heterocycles. The lowest BCUT2D eigenvalue weighted by atomic mass is 10.1. The molecule has 0 aliphatic rings. The lowest BCUT2D eigenvalue weighted by Gasteiger charge is -2.07. The minimum atomic E-state index is -3.55. The van der Waals surface area contributed by atoms with Gasteiger partial charge in [0.15, 0.2) is 0 Å². The molecule has 7 nitrogen and oxygen atoms in total. The van der Waals surface area contributed by atoms with Gasteiger partial charge >= 0.3 is 0 Å². The van der Waals surface area contributed by atoms with Gasteiger partial charge in [-0.1, -0.05) is 6.07 Å². The van der Waals surface area contributed by atoms with Gasteiger partial charge in [0, 0.05) is 13.6 Å². The molecule has 0 amide bonds. The number of hydrogen-bond acceptors (Lipinski definition) is 4. The van der Waals surface area contributed by atoms with E-state index in [1.165, 1.54) is 0 Å². The van der Waals surface area contributed by atoms with Gasteiger partial charge in [0.1, 0.15) is 4.90 Å². The van der Waals surface area contributed by atoms with E-state index in [1.807, 2.05) is 29.8 Å². The van der Waals surface area contributed by atoms with E-state index in [2.05, 4.69) is 19.9 Å². The van der Waals surface area contributed by atoms with Crippen molar-refractivity contribution in [2.45, 2.75) is 25.2 Å². The number of benzene rings is 1. The van der Waals surface area contributed by atoms with Crippen LogP contribution in [0.1, 0.15) is 17.0 Å². The molecular formula is C15H19N5O2S. The van der Waals surface area contributed by atoms with Crippen LogP contribution in [0.4, 0.5) is 0 Å². The van der Waals surface area contributed by atoms with Gasteiger partial charge in [-0.2, -0.15) is 5.10 Å². The third-order valence-electron chi connectivity index (χ3n) is 3.82. The number of nitrogens with one attached hydrogen (secondary N) is 2. The number of aromatic nitrogens is 4. The van der Waals surface area contributed by atoms with Crippen molar-refractivity contribution in [3.05, 3.63) is 41.5 Å². The molecule has 0 unspecified atom stereocenters. The van der Waals surface area contributed by atoms with Gasteiger partial charge in [0.05, 0.1) is 28.7 Å². The molecule has 23 heavy (non-hydrogen) atoms. The molecule has 8 heteroatoms. The van der Waals surface area contributed by atoms with E-state index in [1.54, 1.807) is 20.2 Å². The number of H-pyrrole nitrogens is 1. The summed E-state index contributed by atoms with van der Waals surface area (Å²) in [5, 5.41) is 6.62. The van der Waals surface area contributed by atoms with E-state index in [0.717, 1.165) is 16.6 Å². The number of hydrogen-bond donors (Lipinski definition) is 2. The SMILES string of the molecule is Cc1n[nH]c(C)c1S(=O)(=O)NCCc1ccc2c(c1)ncn2C. The van der Waals surface area contributed by atoms with E-state index in [4.69, 9.17) is 0 Å². The first-order chi connectivity index (χ1) is 10.9. The number of aromatic amines is 1. The normalized spacial score (nSPS) is 12.1. The van der Waals surface area contributed by atoms with Crippen LogP contribution in [0.3, 0.4) is 0 Å². The third-order valence-corrected chi connectivity index (χ3v) is 5.55. The highest BCUT2D eigenvalue weighted by atomic mass is 32.2. The summed E-state index contributed by atoms with van der Waals surface area (Å²) in [6.45, 7) is 3.70. The lowest BCUT2D eigenvalue weighted by Crippen LogP contribution is -2.26. The lowest BCUT2D eigenvalue weighted by molar-refractivity contribution is 0.580. The Morgan fingerprint density at radius 3 is 2.78 bits per heavy atom. The van der Waals surface area contributed by atoms with Crippen LogP contribution in [-0.4, -0.2) is 34.7 Å². The highest BCUT2D eigenvalue weighted by molar-refractivity contribution is 7.89. The maximum Gasteiger partial charge on any atom is 0.244 e. The summed E-state index contributed by atoms with van der Waals surface area (Å²) in [6, 6.07) is 5.97. The summed E-state index contributed by atoms with van der Waals surface area (Å²) in [5.41, 5.74) is 4.03. The summed E-state index contributed by atoms with van der Waals surface area (Å²) in [7, 11) is -1.61. The first kappa shape index (κ1) is 15.7. The first-order valence-corrected chi connectivity index (χ1v) is 8.78. The van der Waals surface area contributed by atoms with Crippen molar-refractivity contribution in [3.63, 3.8) is 0 Å². The summed E-state index contributed by atoms with van der Waals surface area (Å²) in [4.78, 5) is 4.55. The van der Waals surface area contributed by atoms with Gasteiger partial charge in [0.25, 0.3) is 0 Å². The molecule has 3 rings (SSSR count). The average Bonchev–Trinajstić information content (AvgIpc) is 3.02. The number of fused-ring (bicyclic) bond motifs is 1. The van der Waals surface area contributed by atoms with Gasteiger partial charge in [0.2, 0.25) is 10.0 Å². The van der Waals surface area contributed by atoms with Gasteiger partial charge in [-0.25, -0.2) is 18.1 Å². The highest BCUT2D eigenvalue weighted by Gasteiger charge is 2.21. The van der Waals surface area contributed by atoms with E-state index in [0.29, 0.717) is 24.4 Å². The Morgan fingerprint density at radius 1 is 1.30 bits per heavy atom. The van der Waals surface area contributed by atoms with Crippen molar-refractivity contribution in [1.29, 1.82) is 0 Å². The first-order valence-electron chi connectivity index (χ1n) is 7.29. The molecule has 0 radical (unpaired) electrons. The molecule has 2 aromatic heterocycles. The van der Waals surface area contributed by atoms with Crippen molar-refractivity contribution in [1.82, 2.24) is 24.5 Å². The summed E-state index contributed by atoms with van der Waals surface area (Å²) >= 11 is 0. The molecule has 3 aromatic rings. The van der Waals surface area contributed by atoms with Crippen molar-refractivity contribution in [2.24, 2.45) is 7.05 Å². The second-order valence-electron chi connectivity index (χ2n) is 5.59. The number of nitrogens with zero attached hydrogens (tertiary/aromatic N) is 3. The topological polar surface area (TPSA) is 92.7 Å². The number of imidazole rings is 1. The monoisotopic (exact) mass is 333 g/mol.